The minimum Gasteiger partial charge on any atom is -0.488 e. The number of para-hydroxylation sites is 1. The Balaban J connectivity index is 1.95. The van der Waals surface area contributed by atoms with Gasteiger partial charge in [-0.15, -0.1) is 0 Å². The predicted octanol–water partition coefficient (Wildman–Crippen LogP) is 4.31. The van der Waals surface area contributed by atoms with E-state index in [0.29, 0.717) is 6.61 Å². The third kappa shape index (κ3) is 1.69. The molecule has 0 saturated carbocycles. The summed E-state index contributed by atoms with van der Waals surface area (Å²) in [6, 6.07) is 20.5. The zero-order valence-corrected chi connectivity index (χ0v) is 10.9. The largest absolute Gasteiger partial charge is 0.488 e. The van der Waals surface area contributed by atoms with Crippen molar-refractivity contribution in [2.45, 2.75) is 6.61 Å². The van der Waals surface area contributed by atoms with Crippen molar-refractivity contribution in [2.75, 3.05) is 0 Å². The molecule has 0 atom stereocenters. The maximum absolute atomic E-state index is 5.87. The van der Waals surface area contributed by atoms with E-state index in [1.165, 1.54) is 11.1 Å². The standard InChI is InChI=1S/C18H13NO/c1-2-6-13(7-3-1)14-10-11-19-18-15-8-4-5-9-17(15)20-12-16(14)18/h1-11H,12H2. The van der Waals surface area contributed by atoms with Crippen molar-refractivity contribution in [2.24, 2.45) is 0 Å². The molecule has 0 aliphatic carbocycles. The van der Waals surface area contributed by atoms with Crippen molar-refractivity contribution < 1.29 is 4.74 Å². The Morgan fingerprint density at radius 3 is 2.50 bits per heavy atom. The van der Waals surface area contributed by atoms with Crippen LogP contribution in [0.2, 0.25) is 0 Å². The molecular weight excluding hydrogens is 246 g/mol. The molecular formula is C18H13NO. The molecule has 0 amide bonds. The molecule has 1 aliphatic rings. The first-order valence-electron chi connectivity index (χ1n) is 6.69. The first kappa shape index (κ1) is 11.2. The number of benzene rings is 2. The molecule has 0 unspecified atom stereocenters. The van der Waals surface area contributed by atoms with Gasteiger partial charge >= 0.3 is 0 Å². The fourth-order valence-corrected chi connectivity index (χ4v) is 2.70. The first-order valence-corrected chi connectivity index (χ1v) is 6.69. The Hall–Kier alpha value is -2.61. The highest BCUT2D eigenvalue weighted by molar-refractivity contribution is 5.79. The van der Waals surface area contributed by atoms with E-state index in [4.69, 9.17) is 4.74 Å². The normalized spacial score (nSPS) is 12.2. The smallest absolute Gasteiger partial charge is 0.129 e. The van der Waals surface area contributed by atoms with Crippen LogP contribution < -0.4 is 4.74 Å². The van der Waals surface area contributed by atoms with E-state index in [2.05, 4.69) is 41.4 Å². The number of pyridine rings is 1. The van der Waals surface area contributed by atoms with E-state index in [1.807, 2.05) is 30.5 Å². The van der Waals surface area contributed by atoms with Crippen molar-refractivity contribution in [3.8, 4) is 28.1 Å². The molecule has 2 heteroatoms. The molecule has 0 fully saturated rings. The van der Waals surface area contributed by atoms with Gasteiger partial charge in [-0.3, -0.25) is 4.98 Å². The van der Waals surface area contributed by atoms with Crippen molar-refractivity contribution in [3.05, 3.63) is 72.4 Å². The Kier molecular flexibility index (Phi) is 2.52. The zero-order chi connectivity index (χ0) is 13.4. The molecule has 0 radical (unpaired) electrons. The van der Waals surface area contributed by atoms with Gasteiger partial charge in [-0.05, 0) is 29.3 Å². The Morgan fingerprint density at radius 1 is 0.800 bits per heavy atom. The van der Waals surface area contributed by atoms with Crippen LogP contribution >= 0.6 is 0 Å². The first-order chi connectivity index (χ1) is 9.93. The molecule has 1 aromatic heterocycles. The SMILES string of the molecule is c1ccc(-c2ccnc3c2COc2ccccc2-3)cc1. The molecule has 4 rings (SSSR count). The van der Waals surface area contributed by atoms with Crippen molar-refractivity contribution in [1.82, 2.24) is 4.98 Å². The summed E-state index contributed by atoms with van der Waals surface area (Å²) in [7, 11) is 0. The molecule has 0 bridgehead atoms. The molecule has 2 heterocycles. The van der Waals surface area contributed by atoms with Crippen LogP contribution in [0, 0.1) is 0 Å². The van der Waals surface area contributed by atoms with Gasteiger partial charge in [0, 0.05) is 17.3 Å². The van der Waals surface area contributed by atoms with Crippen LogP contribution in [-0.4, -0.2) is 4.98 Å². The monoisotopic (exact) mass is 259 g/mol. The Morgan fingerprint density at radius 2 is 1.60 bits per heavy atom. The quantitative estimate of drug-likeness (QED) is 0.649. The summed E-state index contributed by atoms with van der Waals surface area (Å²) in [5.41, 5.74) is 5.68. The maximum Gasteiger partial charge on any atom is 0.129 e. The fourth-order valence-electron chi connectivity index (χ4n) is 2.70. The van der Waals surface area contributed by atoms with Gasteiger partial charge < -0.3 is 4.74 Å². The topological polar surface area (TPSA) is 22.1 Å². The maximum atomic E-state index is 5.87. The van der Waals surface area contributed by atoms with E-state index >= 15 is 0 Å². The fraction of sp³-hybridized carbons (Fsp3) is 0.0556. The van der Waals surface area contributed by atoms with Gasteiger partial charge in [0.2, 0.25) is 0 Å². The summed E-state index contributed by atoms with van der Waals surface area (Å²) in [4.78, 5) is 4.57. The summed E-state index contributed by atoms with van der Waals surface area (Å²) in [5, 5.41) is 0. The lowest BCUT2D eigenvalue weighted by atomic mass is 9.95. The molecule has 2 aromatic carbocycles. The highest BCUT2D eigenvalue weighted by atomic mass is 16.5. The van der Waals surface area contributed by atoms with Crippen LogP contribution in [0.15, 0.2) is 66.9 Å². The molecule has 0 N–H and O–H groups in total. The van der Waals surface area contributed by atoms with Gasteiger partial charge in [0.1, 0.15) is 12.4 Å². The number of nitrogens with zero attached hydrogens (tertiary/aromatic N) is 1. The van der Waals surface area contributed by atoms with E-state index in [9.17, 15) is 0 Å². The lowest BCUT2D eigenvalue weighted by molar-refractivity contribution is 0.302. The second kappa shape index (κ2) is 4.49. The Labute approximate surface area is 117 Å². The molecule has 20 heavy (non-hydrogen) atoms. The lowest BCUT2D eigenvalue weighted by Gasteiger charge is -2.22. The number of ether oxygens (including phenoxy) is 1. The van der Waals surface area contributed by atoms with Crippen molar-refractivity contribution in [3.63, 3.8) is 0 Å². The highest BCUT2D eigenvalue weighted by Crippen LogP contribution is 2.39. The van der Waals surface area contributed by atoms with E-state index in [0.717, 1.165) is 22.6 Å². The average Bonchev–Trinajstić information content (AvgIpc) is 2.55. The average molecular weight is 259 g/mol. The number of hydrogen-bond donors (Lipinski definition) is 0. The van der Waals surface area contributed by atoms with Crippen LogP contribution in [0.4, 0.5) is 0 Å². The van der Waals surface area contributed by atoms with E-state index in [1.54, 1.807) is 0 Å². The summed E-state index contributed by atoms with van der Waals surface area (Å²) < 4.78 is 5.87. The highest BCUT2D eigenvalue weighted by Gasteiger charge is 2.20. The van der Waals surface area contributed by atoms with Crippen LogP contribution in [0.3, 0.4) is 0 Å². The van der Waals surface area contributed by atoms with Gasteiger partial charge in [-0.25, -0.2) is 0 Å². The van der Waals surface area contributed by atoms with Gasteiger partial charge in [0.05, 0.1) is 5.69 Å². The van der Waals surface area contributed by atoms with Crippen LogP contribution in [0.5, 0.6) is 5.75 Å². The number of aromatic nitrogens is 1. The molecule has 1 aliphatic heterocycles. The number of rotatable bonds is 1. The van der Waals surface area contributed by atoms with Gasteiger partial charge in [0.15, 0.2) is 0 Å². The summed E-state index contributed by atoms with van der Waals surface area (Å²) in [6.07, 6.45) is 1.88. The third-order valence-corrected chi connectivity index (χ3v) is 3.65. The van der Waals surface area contributed by atoms with Gasteiger partial charge in [-0.2, -0.15) is 0 Å². The molecule has 96 valence electrons. The zero-order valence-electron chi connectivity index (χ0n) is 10.9. The summed E-state index contributed by atoms with van der Waals surface area (Å²) in [5.74, 6) is 0.915. The summed E-state index contributed by atoms with van der Waals surface area (Å²) >= 11 is 0. The number of fused-ring (bicyclic) bond motifs is 3. The molecule has 3 aromatic rings. The predicted molar refractivity (Wildman–Crippen MR) is 79.4 cm³/mol. The minimum absolute atomic E-state index is 0.574. The van der Waals surface area contributed by atoms with Gasteiger partial charge in [0.25, 0.3) is 0 Å². The molecule has 0 saturated heterocycles. The minimum atomic E-state index is 0.574. The molecule has 2 nitrogen and oxygen atoms in total. The van der Waals surface area contributed by atoms with E-state index < -0.39 is 0 Å². The van der Waals surface area contributed by atoms with Crippen LogP contribution in [0.25, 0.3) is 22.4 Å². The van der Waals surface area contributed by atoms with Crippen molar-refractivity contribution in [1.29, 1.82) is 0 Å². The van der Waals surface area contributed by atoms with Crippen LogP contribution in [-0.2, 0) is 6.61 Å². The lowest BCUT2D eigenvalue weighted by Crippen LogP contribution is -2.08. The van der Waals surface area contributed by atoms with Crippen LogP contribution in [0.1, 0.15) is 5.56 Å². The molecule has 0 spiro atoms. The van der Waals surface area contributed by atoms with Gasteiger partial charge in [-0.1, -0.05) is 42.5 Å². The Bertz CT molecular complexity index is 751. The second-order valence-electron chi connectivity index (χ2n) is 4.84. The van der Waals surface area contributed by atoms with Crippen molar-refractivity contribution >= 4 is 0 Å². The summed E-state index contributed by atoms with van der Waals surface area (Å²) in [6.45, 7) is 0.574. The number of hydrogen-bond acceptors (Lipinski definition) is 2. The second-order valence-corrected chi connectivity index (χ2v) is 4.84. The van der Waals surface area contributed by atoms with E-state index in [-0.39, 0.29) is 0 Å². The third-order valence-electron chi connectivity index (χ3n) is 3.65.